The highest BCUT2D eigenvalue weighted by Crippen LogP contribution is 2.21. The molecule has 0 saturated heterocycles. The molecule has 0 amide bonds. The van der Waals surface area contributed by atoms with Crippen LogP contribution >= 0.6 is 24.0 Å². The van der Waals surface area contributed by atoms with Gasteiger partial charge in [0.25, 0.3) is 0 Å². The molecular formula is C19H25F3IN3O3. The lowest BCUT2D eigenvalue weighted by Crippen LogP contribution is -2.44. The first-order valence-electron chi connectivity index (χ1n) is 8.76. The number of furan rings is 1. The van der Waals surface area contributed by atoms with Crippen molar-refractivity contribution in [1.29, 1.82) is 0 Å². The third-order valence-electron chi connectivity index (χ3n) is 3.72. The van der Waals surface area contributed by atoms with Crippen molar-refractivity contribution < 1.29 is 27.4 Å². The van der Waals surface area contributed by atoms with E-state index < -0.39 is 18.4 Å². The number of benzene rings is 1. The van der Waals surface area contributed by atoms with Crippen molar-refractivity contribution in [2.75, 3.05) is 19.7 Å². The van der Waals surface area contributed by atoms with Gasteiger partial charge < -0.3 is 24.9 Å². The second-order valence-electron chi connectivity index (χ2n) is 6.35. The molecule has 10 heteroatoms. The molecule has 0 spiro atoms. The van der Waals surface area contributed by atoms with Crippen molar-refractivity contribution >= 4 is 29.9 Å². The van der Waals surface area contributed by atoms with Crippen LogP contribution in [0, 0.1) is 0 Å². The Labute approximate surface area is 184 Å². The zero-order chi connectivity index (χ0) is 20.6. The molecular weight excluding hydrogens is 502 g/mol. The average molecular weight is 527 g/mol. The average Bonchev–Trinajstić information content (AvgIpc) is 3.18. The third kappa shape index (κ3) is 8.94. The van der Waals surface area contributed by atoms with E-state index in [1.165, 1.54) is 18.4 Å². The van der Waals surface area contributed by atoms with Gasteiger partial charge in [-0.1, -0.05) is 12.1 Å². The van der Waals surface area contributed by atoms with Crippen molar-refractivity contribution in [3.05, 3.63) is 54.0 Å². The van der Waals surface area contributed by atoms with E-state index in [1.54, 1.807) is 31.2 Å². The van der Waals surface area contributed by atoms with Crippen LogP contribution in [0.25, 0.3) is 0 Å². The van der Waals surface area contributed by atoms with Crippen LogP contribution in [0.5, 0.6) is 5.75 Å². The van der Waals surface area contributed by atoms with Crippen LogP contribution in [-0.4, -0.2) is 36.9 Å². The van der Waals surface area contributed by atoms with Gasteiger partial charge in [-0.25, -0.2) is 4.99 Å². The van der Waals surface area contributed by atoms with Crippen LogP contribution in [0.4, 0.5) is 13.2 Å². The Morgan fingerprint density at radius 2 is 1.97 bits per heavy atom. The minimum atomic E-state index is -4.39. The first-order chi connectivity index (χ1) is 13.2. The highest BCUT2D eigenvalue weighted by atomic mass is 127. The number of rotatable bonds is 8. The quantitative estimate of drug-likeness (QED) is 0.277. The molecule has 1 atom stereocenters. The summed E-state index contributed by atoms with van der Waals surface area (Å²) in [5.74, 6) is 1.00. The van der Waals surface area contributed by atoms with E-state index in [9.17, 15) is 18.3 Å². The summed E-state index contributed by atoms with van der Waals surface area (Å²) in [6.07, 6.45) is -2.90. The molecule has 0 bridgehead atoms. The smallest absolute Gasteiger partial charge is 0.422 e. The van der Waals surface area contributed by atoms with Crippen LogP contribution in [0.1, 0.15) is 25.2 Å². The Morgan fingerprint density at radius 1 is 1.21 bits per heavy atom. The molecule has 29 heavy (non-hydrogen) atoms. The van der Waals surface area contributed by atoms with Gasteiger partial charge in [0.05, 0.1) is 19.4 Å². The van der Waals surface area contributed by atoms with E-state index >= 15 is 0 Å². The molecule has 1 heterocycles. The molecule has 0 aliphatic heterocycles. The highest BCUT2D eigenvalue weighted by molar-refractivity contribution is 14.0. The van der Waals surface area contributed by atoms with E-state index in [4.69, 9.17) is 9.15 Å². The zero-order valence-corrected chi connectivity index (χ0v) is 18.5. The fourth-order valence-electron chi connectivity index (χ4n) is 2.34. The lowest BCUT2D eigenvalue weighted by Gasteiger charge is -2.22. The van der Waals surface area contributed by atoms with Crippen molar-refractivity contribution in [3.8, 4) is 5.75 Å². The van der Waals surface area contributed by atoms with Crippen molar-refractivity contribution in [2.45, 2.75) is 32.2 Å². The lowest BCUT2D eigenvalue weighted by atomic mass is 10.0. The summed E-state index contributed by atoms with van der Waals surface area (Å²) in [7, 11) is 0. The molecule has 1 aromatic heterocycles. The van der Waals surface area contributed by atoms with Gasteiger partial charge in [0.1, 0.15) is 17.1 Å². The molecule has 0 fully saturated rings. The van der Waals surface area contributed by atoms with Gasteiger partial charge in [-0.05, 0) is 43.7 Å². The Balaban J connectivity index is 0.00000420. The maximum absolute atomic E-state index is 12.3. The fraction of sp³-hybridized carbons (Fsp3) is 0.421. The molecule has 6 nitrogen and oxygen atoms in total. The predicted octanol–water partition coefficient (Wildman–Crippen LogP) is 3.80. The van der Waals surface area contributed by atoms with Crippen molar-refractivity contribution in [1.82, 2.24) is 10.6 Å². The molecule has 1 aromatic carbocycles. The van der Waals surface area contributed by atoms with Crippen molar-refractivity contribution in [3.63, 3.8) is 0 Å². The largest absolute Gasteiger partial charge is 0.484 e. The van der Waals surface area contributed by atoms with Crippen LogP contribution < -0.4 is 15.4 Å². The van der Waals surface area contributed by atoms with Crippen LogP contribution in [0.15, 0.2) is 52.1 Å². The topological polar surface area (TPSA) is 79.0 Å². The second kappa shape index (κ2) is 11.3. The number of hydrogen-bond acceptors (Lipinski definition) is 4. The SMILES string of the molecule is CCNC(=NCc1cccc(OCC(F)(F)F)c1)NCC(C)(O)c1ccco1.I. The number of aliphatic imine (C=N–C) groups is 1. The zero-order valence-electron chi connectivity index (χ0n) is 16.1. The Bertz CT molecular complexity index is 766. The number of guanidine groups is 1. The van der Waals surface area contributed by atoms with Crippen LogP contribution in [-0.2, 0) is 12.1 Å². The standard InChI is InChI=1S/C19H24F3N3O3.HI/c1-3-23-17(25-12-18(2,26)16-8-5-9-27-16)24-11-14-6-4-7-15(10-14)28-13-19(20,21)22;/h4-10,26H,3,11-13H2,1-2H3,(H2,23,24,25);1H. The predicted molar refractivity (Wildman–Crippen MR) is 115 cm³/mol. The minimum absolute atomic E-state index is 0. The monoisotopic (exact) mass is 527 g/mol. The molecule has 0 aliphatic rings. The van der Waals surface area contributed by atoms with E-state index in [0.29, 0.717) is 23.8 Å². The van der Waals surface area contributed by atoms with E-state index in [2.05, 4.69) is 15.6 Å². The number of alkyl halides is 3. The van der Waals surface area contributed by atoms with Gasteiger partial charge in [-0.3, -0.25) is 0 Å². The fourth-order valence-corrected chi connectivity index (χ4v) is 2.34. The number of hydrogen-bond donors (Lipinski definition) is 3. The van der Waals surface area contributed by atoms with E-state index in [0.717, 1.165) is 0 Å². The number of halogens is 4. The molecule has 0 saturated carbocycles. The maximum atomic E-state index is 12.3. The van der Waals surface area contributed by atoms with Gasteiger partial charge in [-0.2, -0.15) is 13.2 Å². The van der Waals surface area contributed by atoms with Crippen LogP contribution in [0.2, 0.25) is 0 Å². The normalized spacial score (nSPS) is 13.9. The molecule has 2 rings (SSSR count). The summed E-state index contributed by atoms with van der Waals surface area (Å²) in [6, 6.07) is 9.70. The van der Waals surface area contributed by atoms with E-state index in [-0.39, 0.29) is 42.8 Å². The highest BCUT2D eigenvalue weighted by Gasteiger charge is 2.28. The minimum Gasteiger partial charge on any atom is -0.484 e. The summed E-state index contributed by atoms with van der Waals surface area (Å²) in [6.45, 7) is 3.15. The molecule has 3 N–H and O–H groups in total. The molecule has 0 radical (unpaired) electrons. The Morgan fingerprint density at radius 3 is 2.59 bits per heavy atom. The Kier molecular flexibility index (Phi) is 9.77. The summed E-state index contributed by atoms with van der Waals surface area (Å²) in [4.78, 5) is 4.39. The summed E-state index contributed by atoms with van der Waals surface area (Å²) in [5.41, 5.74) is -0.542. The number of ether oxygens (including phenoxy) is 1. The summed E-state index contributed by atoms with van der Waals surface area (Å²) in [5, 5.41) is 16.6. The molecule has 2 aromatic rings. The van der Waals surface area contributed by atoms with E-state index in [1.807, 2.05) is 6.92 Å². The second-order valence-corrected chi connectivity index (χ2v) is 6.35. The number of nitrogens with one attached hydrogen (secondary N) is 2. The molecule has 0 aliphatic carbocycles. The summed E-state index contributed by atoms with van der Waals surface area (Å²) >= 11 is 0. The third-order valence-corrected chi connectivity index (χ3v) is 3.72. The Hall–Kier alpha value is -1.95. The van der Waals surface area contributed by atoms with Gasteiger partial charge in [-0.15, -0.1) is 24.0 Å². The number of nitrogens with zero attached hydrogens (tertiary/aromatic N) is 1. The van der Waals surface area contributed by atoms with Gasteiger partial charge in [0.15, 0.2) is 12.6 Å². The first-order valence-corrected chi connectivity index (χ1v) is 8.76. The molecule has 162 valence electrons. The van der Waals surface area contributed by atoms with Crippen LogP contribution in [0.3, 0.4) is 0 Å². The molecule has 1 unspecified atom stereocenters. The lowest BCUT2D eigenvalue weighted by molar-refractivity contribution is -0.153. The van der Waals surface area contributed by atoms with Gasteiger partial charge in [0.2, 0.25) is 0 Å². The first kappa shape index (κ1) is 25.1. The van der Waals surface area contributed by atoms with Crippen molar-refractivity contribution in [2.24, 2.45) is 4.99 Å². The van der Waals surface area contributed by atoms with Gasteiger partial charge >= 0.3 is 6.18 Å². The number of aliphatic hydroxyl groups is 1. The summed E-state index contributed by atoms with van der Waals surface area (Å²) < 4.78 is 46.8. The van der Waals surface area contributed by atoms with Gasteiger partial charge in [0, 0.05) is 6.54 Å². The maximum Gasteiger partial charge on any atom is 0.422 e.